The lowest BCUT2D eigenvalue weighted by molar-refractivity contribution is -0.134. The molecule has 0 aromatic carbocycles. The van der Waals surface area contributed by atoms with Crippen molar-refractivity contribution in [3.63, 3.8) is 0 Å². The zero-order chi connectivity index (χ0) is 19.1. The summed E-state index contributed by atoms with van der Waals surface area (Å²) in [4.78, 5) is 48.1. The van der Waals surface area contributed by atoms with Gasteiger partial charge in [-0.2, -0.15) is 0 Å². The van der Waals surface area contributed by atoms with Crippen molar-refractivity contribution in [3.05, 3.63) is 20.8 Å². The predicted octanol–water partition coefficient (Wildman–Crippen LogP) is 3.02. The summed E-state index contributed by atoms with van der Waals surface area (Å²) in [5.41, 5.74) is 0.436. The summed E-state index contributed by atoms with van der Waals surface area (Å²) < 4.78 is 0.491. The van der Waals surface area contributed by atoms with Crippen LogP contribution in [0.2, 0.25) is 4.34 Å². The van der Waals surface area contributed by atoms with E-state index in [2.05, 4.69) is 10.6 Å². The minimum atomic E-state index is -0.720. The highest BCUT2D eigenvalue weighted by molar-refractivity contribution is 7.16. The Morgan fingerprint density at radius 3 is 2.73 bits per heavy atom. The Balaban J connectivity index is 1.92. The zero-order valence-corrected chi connectivity index (χ0v) is 16.3. The maximum Gasteiger partial charge on any atom is 0.253 e. The van der Waals surface area contributed by atoms with E-state index >= 15 is 0 Å². The van der Waals surface area contributed by atoms with Crippen LogP contribution in [0.1, 0.15) is 67.1 Å². The molecule has 1 fully saturated rings. The maximum atomic E-state index is 12.5. The number of ketones is 1. The molecule has 1 unspecified atom stereocenters. The number of thiophene rings is 1. The molecule has 2 rings (SSSR count). The Morgan fingerprint density at radius 1 is 1.31 bits per heavy atom. The van der Waals surface area contributed by atoms with Crippen LogP contribution in [0.4, 0.5) is 0 Å². The molecule has 2 heterocycles. The van der Waals surface area contributed by atoms with Gasteiger partial charge in [0.05, 0.1) is 9.90 Å². The molecule has 2 N–H and O–H groups in total. The summed E-state index contributed by atoms with van der Waals surface area (Å²) >= 11 is 7.37. The summed E-state index contributed by atoms with van der Waals surface area (Å²) in [6.07, 6.45) is 4.74. The van der Waals surface area contributed by atoms with E-state index in [-0.39, 0.29) is 30.4 Å². The molecule has 0 bridgehead atoms. The number of hydrogen-bond acceptors (Lipinski definition) is 5. The number of Topliss-reactive ketones (excluding diaryl/α,β-unsaturated/α-hetero) is 1. The molecule has 1 aromatic rings. The smallest absolute Gasteiger partial charge is 0.253 e. The first-order valence-electron chi connectivity index (χ1n) is 8.85. The molecular weight excluding hydrogens is 376 g/mol. The lowest BCUT2D eigenvalue weighted by Crippen LogP contribution is -2.52. The van der Waals surface area contributed by atoms with Crippen LogP contribution in [0.25, 0.3) is 0 Å². The third kappa shape index (κ3) is 5.92. The van der Waals surface area contributed by atoms with Gasteiger partial charge in [0.1, 0.15) is 11.8 Å². The summed E-state index contributed by atoms with van der Waals surface area (Å²) in [5.74, 6) is -0.953. The number of unbranched alkanes of at least 4 members (excludes halogenated alkanes) is 1. The molecule has 1 aliphatic rings. The van der Waals surface area contributed by atoms with E-state index in [1.807, 2.05) is 6.92 Å². The number of nitrogens with one attached hydrogen (secondary N) is 2. The summed E-state index contributed by atoms with van der Waals surface area (Å²) in [6.45, 7) is 2.05. The largest absolute Gasteiger partial charge is 0.340 e. The first-order chi connectivity index (χ1) is 12.4. The van der Waals surface area contributed by atoms with Crippen LogP contribution in [0.15, 0.2) is 6.07 Å². The molecule has 26 heavy (non-hydrogen) atoms. The first kappa shape index (κ1) is 20.6. The van der Waals surface area contributed by atoms with E-state index in [0.29, 0.717) is 35.6 Å². The molecule has 142 valence electrons. The van der Waals surface area contributed by atoms with Crippen molar-refractivity contribution in [1.29, 1.82) is 0 Å². The van der Waals surface area contributed by atoms with E-state index in [9.17, 15) is 19.2 Å². The maximum absolute atomic E-state index is 12.5. The highest BCUT2D eigenvalue weighted by Crippen LogP contribution is 2.28. The SMILES string of the molecule is CCCCC(=O)CCCc1sc(Cl)cc1C(=O)NC1CCC(=O)NC1=O. The normalized spacial score (nSPS) is 17.1. The summed E-state index contributed by atoms with van der Waals surface area (Å²) in [7, 11) is 0. The summed E-state index contributed by atoms with van der Waals surface area (Å²) in [5, 5.41) is 4.88. The van der Waals surface area contributed by atoms with E-state index in [1.165, 1.54) is 11.3 Å². The number of aryl methyl sites for hydroxylation is 1. The van der Waals surface area contributed by atoms with Gasteiger partial charge in [-0.3, -0.25) is 24.5 Å². The fraction of sp³-hybridized carbons (Fsp3) is 0.556. The van der Waals surface area contributed by atoms with Gasteiger partial charge >= 0.3 is 0 Å². The highest BCUT2D eigenvalue weighted by Gasteiger charge is 2.29. The minimum Gasteiger partial charge on any atom is -0.340 e. The van der Waals surface area contributed by atoms with Gasteiger partial charge in [0.25, 0.3) is 5.91 Å². The van der Waals surface area contributed by atoms with Gasteiger partial charge in [0, 0.05) is 24.1 Å². The number of piperidine rings is 1. The lowest BCUT2D eigenvalue weighted by Gasteiger charge is -2.21. The van der Waals surface area contributed by atoms with E-state index in [0.717, 1.165) is 17.7 Å². The molecule has 8 heteroatoms. The Bertz CT molecular complexity index is 701. The molecule has 3 amide bonds. The second-order valence-corrected chi connectivity index (χ2v) is 8.13. The number of hydrogen-bond donors (Lipinski definition) is 2. The van der Waals surface area contributed by atoms with Crippen LogP contribution in [0.5, 0.6) is 0 Å². The fourth-order valence-electron chi connectivity index (χ4n) is 2.79. The van der Waals surface area contributed by atoms with Crippen LogP contribution in [-0.4, -0.2) is 29.5 Å². The number of rotatable bonds is 9. The topological polar surface area (TPSA) is 92.3 Å². The third-order valence-corrected chi connectivity index (χ3v) is 5.56. The number of halogens is 1. The zero-order valence-electron chi connectivity index (χ0n) is 14.7. The van der Waals surface area contributed by atoms with Crippen molar-refractivity contribution >= 4 is 46.4 Å². The Kier molecular flexibility index (Phi) is 7.78. The second-order valence-electron chi connectivity index (χ2n) is 6.36. The second kappa shape index (κ2) is 9.83. The minimum absolute atomic E-state index is 0.202. The number of amides is 3. The van der Waals surface area contributed by atoms with E-state index in [1.54, 1.807) is 6.07 Å². The van der Waals surface area contributed by atoms with Crippen molar-refractivity contribution in [2.75, 3.05) is 0 Å². The van der Waals surface area contributed by atoms with Gasteiger partial charge in [-0.1, -0.05) is 24.9 Å². The van der Waals surface area contributed by atoms with Crippen molar-refractivity contribution in [3.8, 4) is 0 Å². The number of imide groups is 1. The Labute approximate surface area is 161 Å². The van der Waals surface area contributed by atoms with Gasteiger partial charge in [-0.05, 0) is 31.7 Å². The van der Waals surface area contributed by atoms with E-state index in [4.69, 9.17) is 11.6 Å². The van der Waals surface area contributed by atoms with Crippen molar-refractivity contribution in [2.24, 2.45) is 0 Å². The van der Waals surface area contributed by atoms with Gasteiger partial charge in [-0.15, -0.1) is 11.3 Å². The van der Waals surface area contributed by atoms with Crippen LogP contribution < -0.4 is 10.6 Å². The van der Waals surface area contributed by atoms with Gasteiger partial charge in [0.15, 0.2) is 0 Å². The average molecular weight is 399 g/mol. The molecule has 0 saturated carbocycles. The first-order valence-corrected chi connectivity index (χ1v) is 10.0. The molecule has 0 aliphatic carbocycles. The lowest BCUT2D eigenvalue weighted by atomic mass is 10.0. The molecule has 1 atom stereocenters. The summed E-state index contributed by atoms with van der Waals surface area (Å²) in [6, 6.07) is 0.865. The van der Waals surface area contributed by atoms with Gasteiger partial charge in [0.2, 0.25) is 11.8 Å². The molecule has 1 saturated heterocycles. The predicted molar refractivity (Wildman–Crippen MR) is 100 cm³/mol. The van der Waals surface area contributed by atoms with Crippen LogP contribution >= 0.6 is 22.9 Å². The molecule has 6 nitrogen and oxygen atoms in total. The van der Waals surface area contributed by atoms with Gasteiger partial charge in [-0.25, -0.2) is 0 Å². The molecular formula is C18H23ClN2O4S. The van der Waals surface area contributed by atoms with Crippen LogP contribution in [0.3, 0.4) is 0 Å². The molecule has 1 aliphatic heterocycles. The Hall–Kier alpha value is -1.73. The average Bonchev–Trinajstić information content (AvgIpc) is 2.96. The van der Waals surface area contributed by atoms with Gasteiger partial charge < -0.3 is 5.32 Å². The van der Waals surface area contributed by atoms with E-state index < -0.39 is 11.9 Å². The van der Waals surface area contributed by atoms with Crippen LogP contribution in [-0.2, 0) is 20.8 Å². The molecule has 0 spiro atoms. The quantitative estimate of drug-likeness (QED) is 0.625. The number of carbonyl (C=O) groups excluding carboxylic acids is 4. The molecule has 1 aromatic heterocycles. The highest BCUT2D eigenvalue weighted by atomic mass is 35.5. The van der Waals surface area contributed by atoms with Crippen molar-refractivity contribution < 1.29 is 19.2 Å². The standard InChI is InChI=1S/C18H23ClN2O4S/c1-2-3-5-11(22)6-4-7-14-12(10-15(19)26-14)17(24)20-13-8-9-16(23)21-18(13)25/h10,13H,2-9H2,1H3,(H,20,24)(H,21,23,25). The molecule has 0 radical (unpaired) electrons. The monoisotopic (exact) mass is 398 g/mol. The number of carbonyl (C=O) groups is 4. The fourth-order valence-corrected chi connectivity index (χ4v) is 4.09. The van der Waals surface area contributed by atoms with Crippen LogP contribution in [0, 0.1) is 0 Å². The van der Waals surface area contributed by atoms with Crippen molar-refractivity contribution in [2.45, 2.75) is 64.3 Å². The van der Waals surface area contributed by atoms with Crippen molar-refractivity contribution in [1.82, 2.24) is 10.6 Å². The Morgan fingerprint density at radius 2 is 2.04 bits per heavy atom. The third-order valence-electron chi connectivity index (χ3n) is 4.24.